The van der Waals surface area contributed by atoms with Gasteiger partial charge in [0.25, 0.3) is 5.91 Å². The van der Waals surface area contributed by atoms with Crippen LogP contribution in [0.25, 0.3) is 0 Å². The molecule has 0 saturated carbocycles. The lowest BCUT2D eigenvalue weighted by atomic mass is 10.1. The molecule has 0 aliphatic carbocycles. The predicted molar refractivity (Wildman–Crippen MR) is 70.3 cm³/mol. The van der Waals surface area contributed by atoms with Crippen molar-refractivity contribution in [1.29, 1.82) is 0 Å². The Balaban J connectivity index is 2.73. The third-order valence-electron chi connectivity index (χ3n) is 2.82. The maximum absolute atomic E-state index is 12.2. The summed E-state index contributed by atoms with van der Waals surface area (Å²) < 4.78 is 0. The van der Waals surface area contributed by atoms with Gasteiger partial charge in [0.05, 0.1) is 13.2 Å². The maximum Gasteiger partial charge on any atom is 0.253 e. The van der Waals surface area contributed by atoms with Gasteiger partial charge in [-0.05, 0) is 24.1 Å². The highest BCUT2D eigenvalue weighted by Crippen LogP contribution is 2.08. The zero-order valence-electron chi connectivity index (χ0n) is 10.8. The van der Waals surface area contributed by atoms with Crippen LogP contribution in [0.4, 0.5) is 0 Å². The molecule has 0 saturated heterocycles. The van der Waals surface area contributed by atoms with Crippen molar-refractivity contribution in [3.05, 3.63) is 35.4 Å². The molecule has 0 fully saturated rings. The molecule has 2 N–H and O–H groups in total. The van der Waals surface area contributed by atoms with Crippen LogP contribution in [0.5, 0.6) is 0 Å². The number of nitrogens with zero attached hydrogens (tertiary/aromatic N) is 1. The quantitative estimate of drug-likeness (QED) is 0.770. The van der Waals surface area contributed by atoms with Crippen LogP contribution >= 0.6 is 0 Å². The second-order valence-corrected chi connectivity index (χ2v) is 4.22. The monoisotopic (exact) mass is 251 g/mol. The van der Waals surface area contributed by atoms with Gasteiger partial charge in [-0.1, -0.05) is 25.5 Å². The molecule has 18 heavy (non-hydrogen) atoms. The SMILES string of the molecule is CCCCN(CCO)C(=O)c1ccc(CO)cc1. The largest absolute Gasteiger partial charge is 0.395 e. The molecule has 4 nitrogen and oxygen atoms in total. The predicted octanol–water partition coefficient (Wildman–Crippen LogP) is 1.41. The van der Waals surface area contributed by atoms with E-state index in [9.17, 15) is 4.79 Å². The molecule has 1 aromatic carbocycles. The fourth-order valence-corrected chi connectivity index (χ4v) is 1.72. The number of aliphatic hydroxyl groups excluding tert-OH is 2. The molecule has 4 heteroatoms. The van der Waals surface area contributed by atoms with Crippen molar-refractivity contribution < 1.29 is 15.0 Å². The van der Waals surface area contributed by atoms with E-state index in [1.54, 1.807) is 29.2 Å². The first-order chi connectivity index (χ1) is 8.72. The highest BCUT2D eigenvalue weighted by molar-refractivity contribution is 5.94. The molecule has 100 valence electrons. The second-order valence-electron chi connectivity index (χ2n) is 4.22. The summed E-state index contributed by atoms with van der Waals surface area (Å²) in [7, 11) is 0. The zero-order chi connectivity index (χ0) is 13.4. The van der Waals surface area contributed by atoms with Gasteiger partial charge in [-0.25, -0.2) is 0 Å². The lowest BCUT2D eigenvalue weighted by Crippen LogP contribution is -2.34. The van der Waals surface area contributed by atoms with Gasteiger partial charge in [0.1, 0.15) is 0 Å². The summed E-state index contributed by atoms with van der Waals surface area (Å²) in [6, 6.07) is 6.91. The lowest BCUT2D eigenvalue weighted by molar-refractivity contribution is 0.0719. The number of benzene rings is 1. The van der Waals surface area contributed by atoms with Crippen molar-refractivity contribution in [2.24, 2.45) is 0 Å². The Morgan fingerprint density at radius 3 is 2.33 bits per heavy atom. The topological polar surface area (TPSA) is 60.8 Å². The average molecular weight is 251 g/mol. The summed E-state index contributed by atoms with van der Waals surface area (Å²) >= 11 is 0. The van der Waals surface area contributed by atoms with Crippen LogP contribution in [0.15, 0.2) is 24.3 Å². The van der Waals surface area contributed by atoms with Gasteiger partial charge in [-0.15, -0.1) is 0 Å². The molecular formula is C14H21NO3. The highest BCUT2D eigenvalue weighted by Gasteiger charge is 2.14. The summed E-state index contributed by atoms with van der Waals surface area (Å²) in [5.41, 5.74) is 1.38. The number of amides is 1. The van der Waals surface area contributed by atoms with Crippen molar-refractivity contribution in [2.75, 3.05) is 19.7 Å². The molecule has 0 atom stereocenters. The van der Waals surface area contributed by atoms with E-state index in [4.69, 9.17) is 10.2 Å². The first-order valence-corrected chi connectivity index (χ1v) is 6.32. The van der Waals surface area contributed by atoms with Crippen LogP contribution in [0.1, 0.15) is 35.7 Å². The van der Waals surface area contributed by atoms with Crippen molar-refractivity contribution in [3.63, 3.8) is 0 Å². The van der Waals surface area contributed by atoms with Gasteiger partial charge in [-0.3, -0.25) is 4.79 Å². The summed E-state index contributed by atoms with van der Waals surface area (Å²) in [4.78, 5) is 13.9. The third-order valence-corrected chi connectivity index (χ3v) is 2.82. The van der Waals surface area contributed by atoms with Gasteiger partial charge < -0.3 is 15.1 Å². The van der Waals surface area contributed by atoms with Crippen molar-refractivity contribution in [2.45, 2.75) is 26.4 Å². The Labute approximate surface area is 108 Å². The number of unbranched alkanes of at least 4 members (excludes halogenated alkanes) is 1. The minimum atomic E-state index is -0.0676. The van der Waals surface area contributed by atoms with Crippen molar-refractivity contribution >= 4 is 5.91 Å². The van der Waals surface area contributed by atoms with Gasteiger partial charge in [0, 0.05) is 18.7 Å². The van der Waals surface area contributed by atoms with Gasteiger partial charge in [0.15, 0.2) is 0 Å². The van der Waals surface area contributed by atoms with Crippen LogP contribution < -0.4 is 0 Å². The number of rotatable bonds is 7. The van der Waals surface area contributed by atoms with Crippen LogP contribution in [0.2, 0.25) is 0 Å². The van der Waals surface area contributed by atoms with Crippen LogP contribution in [0.3, 0.4) is 0 Å². The fourth-order valence-electron chi connectivity index (χ4n) is 1.72. The molecule has 0 bridgehead atoms. The third kappa shape index (κ3) is 4.13. The fraction of sp³-hybridized carbons (Fsp3) is 0.500. The molecule has 0 aliphatic heterocycles. The van der Waals surface area contributed by atoms with E-state index in [2.05, 4.69) is 6.92 Å². The standard InChI is InChI=1S/C14H21NO3/c1-2-3-8-15(9-10-16)14(18)13-6-4-12(11-17)5-7-13/h4-7,16-17H,2-3,8-11H2,1H3. The van der Waals surface area contributed by atoms with Crippen molar-refractivity contribution in [3.8, 4) is 0 Å². The molecule has 0 radical (unpaired) electrons. The number of aliphatic hydroxyl groups is 2. The van der Waals surface area contributed by atoms with Crippen LogP contribution in [-0.4, -0.2) is 40.7 Å². The zero-order valence-corrected chi connectivity index (χ0v) is 10.8. The minimum Gasteiger partial charge on any atom is -0.395 e. The summed E-state index contributed by atoms with van der Waals surface area (Å²) in [5, 5.41) is 17.9. The first kappa shape index (κ1) is 14.7. The summed E-state index contributed by atoms with van der Waals surface area (Å²) in [5.74, 6) is -0.0676. The maximum atomic E-state index is 12.2. The number of carbonyl (C=O) groups is 1. The molecule has 0 aromatic heterocycles. The number of carbonyl (C=O) groups excluding carboxylic acids is 1. The summed E-state index contributed by atoms with van der Waals surface area (Å²) in [6.07, 6.45) is 1.94. The Morgan fingerprint density at radius 2 is 1.83 bits per heavy atom. The van der Waals surface area contributed by atoms with Crippen molar-refractivity contribution in [1.82, 2.24) is 4.90 Å². The first-order valence-electron chi connectivity index (χ1n) is 6.32. The van der Waals surface area contributed by atoms with E-state index < -0.39 is 0 Å². The van der Waals surface area contributed by atoms with E-state index in [0.717, 1.165) is 18.4 Å². The van der Waals surface area contributed by atoms with E-state index in [1.165, 1.54) is 0 Å². The second kappa shape index (κ2) is 7.84. The van der Waals surface area contributed by atoms with E-state index in [0.29, 0.717) is 18.7 Å². The van der Waals surface area contributed by atoms with E-state index in [1.807, 2.05) is 0 Å². The number of hydrogen-bond donors (Lipinski definition) is 2. The van der Waals surface area contributed by atoms with Gasteiger partial charge >= 0.3 is 0 Å². The molecule has 0 aliphatic rings. The van der Waals surface area contributed by atoms with Crippen LogP contribution in [-0.2, 0) is 6.61 Å². The highest BCUT2D eigenvalue weighted by atomic mass is 16.3. The lowest BCUT2D eigenvalue weighted by Gasteiger charge is -2.21. The van der Waals surface area contributed by atoms with Gasteiger partial charge in [-0.2, -0.15) is 0 Å². The molecule has 1 aromatic rings. The Morgan fingerprint density at radius 1 is 1.17 bits per heavy atom. The Bertz CT molecular complexity index is 362. The van der Waals surface area contributed by atoms with Crippen LogP contribution in [0, 0.1) is 0 Å². The molecule has 1 rings (SSSR count). The van der Waals surface area contributed by atoms with E-state index >= 15 is 0 Å². The molecule has 0 unspecified atom stereocenters. The summed E-state index contributed by atoms with van der Waals surface area (Å²) in [6.45, 7) is 3.05. The van der Waals surface area contributed by atoms with Gasteiger partial charge in [0.2, 0.25) is 0 Å². The number of hydrogen-bond acceptors (Lipinski definition) is 3. The molecule has 0 spiro atoms. The smallest absolute Gasteiger partial charge is 0.253 e. The average Bonchev–Trinajstić information content (AvgIpc) is 2.43. The van der Waals surface area contributed by atoms with E-state index in [-0.39, 0.29) is 19.1 Å². The Hall–Kier alpha value is -1.39. The molecule has 1 amide bonds. The minimum absolute atomic E-state index is 0.0232. The Kier molecular flexibility index (Phi) is 6.39. The normalized spacial score (nSPS) is 10.4. The molecule has 0 heterocycles. The molecular weight excluding hydrogens is 230 g/mol.